The van der Waals surface area contributed by atoms with Gasteiger partial charge in [-0.05, 0) is 36.0 Å². The summed E-state index contributed by atoms with van der Waals surface area (Å²) < 4.78 is 5.99. The van der Waals surface area contributed by atoms with Gasteiger partial charge >= 0.3 is 0 Å². The first-order chi connectivity index (χ1) is 15.3. The van der Waals surface area contributed by atoms with Crippen molar-refractivity contribution in [1.82, 2.24) is 0 Å². The van der Waals surface area contributed by atoms with E-state index in [1.165, 1.54) is 44.1 Å². The van der Waals surface area contributed by atoms with Crippen molar-refractivity contribution in [3.63, 3.8) is 0 Å². The van der Waals surface area contributed by atoms with Crippen molar-refractivity contribution in [2.24, 2.45) is 5.92 Å². The number of rotatable bonds is 18. The van der Waals surface area contributed by atoms with Gasteiger partial charge in [-0.1, -0.05) is 98.1 Å². The summed E-state index contributed by atoms with van der Waals surface area (Å²) in [6, 6.07) is 8.12. The van der Waals surface area contributed by atoms with Crippen LogP contribution in [0.25, 0.3) is 0 Å². The minimum atomic E-state index is -0.327. The van der Waals surface area contributed by atoms with Crippen molar-refractivity contribution in [3.8, 4) is 5.75 Å². The number of Topliss-reactive ketones (excluding diaryl/α,β-unsaturated/α-hetero) is 2. The summed E-state index contributed by atoms with van der Waals surface area (Å²) in [6.45, 7) is 11.2. The van der Waals surface area contributed by atoms with Crippen molar-refractivity contribution >= 4 is 11.6 Å². The Bertz CT molecular complexity index is 639. The maximum absolute atomic E-state index is 12.9. The van der Waals surface area contributed by atoms with Crippen molar-refractivity contribution in [2.45, 2.75) is 124 Å². The molecule has 3 nitrogen and oxygen atoms in total. The molecule has 1 aromatic carbocycles. The van der Waals surface area contributed by atoms with Crippen LogP contribution in [0, 0.1) is 5.92 Å². The zero-order valence-corrected chi connectivity index (χ0v) is 21.5. The molecule has 0 aliphatic rings. The summed E-state index contributed by atoms with van der Waals surface area (Å²) in [5.74, 6) is 0.835. The molecule has 32 heavy (non-hydrogen) atoms. The van der Waals surface area contributed by atoms with Crippen LogP contribution < -0.4 is 4.74 Å². The lowest BCUT2D eigenvalue weighted by molar-refractivity contribution is -0.129. The topological polar surface area (TPSA) is 43.4 Å². The van der Waals surface area contributed by atoms with Crippen LogP contribution >= 0.6 is 0 Å². The SMILES string of the molecule is CCCCCCCC(=O)CC(COc1ccc(C(C)(C)C)cc1)C(=O)CCCCCCC. The minimum Gasteiger partial charge on any atom is -0.493 e. The Labute approximate surface area is 197 Å². The minimum absolute atomic E-state index is 0.0956. The van der Waals surface area contributed by atoms with E-state index in [1.807, 2.05) is 12.1 Å². The standard InChI is InChI=1S/C29H48O3/c1-6-8-10-12-14-16-26(30)22-24(28(31)17-15-13-11-9-7-2)23-32-27-20-18-25(19-21-27)29(3,4)5/h18-21,24H,6-17,22-23H2,1-5H3. The van der Waals surface area contributed by atoms with Crippen molar-refractivity contribution in [3.05, 3.63) is 29.8 Å². The van der Waals surface area contributed by atoms with Crippen LogP contribution in [0.3, 0.4) is 0 Å². The summed E-state index contributed by atoms with van der Waals surface area (Å²) in [4.78, 5) is 25.5. The van der Waals surface area contributed by atoms with Gasteiger partial charge < -0.3 is 4.74 Å². The Kier molecular flexibility index (Phi) is 14.2. The van der Waals surface area contributed by atoms with Gasteiger partial charge in [0.15, 0.2) is 0 Å². The smallest absolute Gasteiger partial charge is 0.139 e. The van der Waals surface area contributed by atoms with E-state index in [-0.39, 0.29) is 22.9 Å². The van der Waals surface area contributed by atoms with Crippen LogP contribution in [0.4, 0.5) is 0 Å². The molecule has 0 saturated heterocycles. The molecule has 0 heterocycles. The van der Waals surface area contributed by atoms with Gasteiger partial charge in [-0.25, -0.2) is 0 Å². The number of ether oxygens (including phenoxy) is 1. The molecule has 0 aromatic heterocycles. The average molecular weight is 445 g/mol. The number of carbonyl (C=O) groups excluding carboxylic acids is 2. The predicted octanol–water partition coefficient (Wildman–Crippen LogP) is 8.23. The first-order valence-corrected chi connectivity index (χ1v) is 13.1. The van der Waals surface area contributed by atoms with Crippen LogP contribution in [-0.4, -0.2) is 18.2 Å². The molecule has 0 aliphatic heterocycles. The summed E-state index contributed by atoms with van der Waals surface area (Å²) in [5.41, 5.74) is 1.35. The van der Waals surface area contributed by atoms with E-state index in [9.17, 15) is 9.59 Å². The highest BCUT2D eigenvalue weighted by molar-refractivity contribution is 5.88. The molecule has 0 spiro atoms. The van der Waals surface area contributed by atoms with Crippen LogP contribution in [0.15, 0.2) is 24.3 Å². The second kappa shape index (κ2) is 16.0. The van der Waals surface area contributed by atoms with Gasteiger partial charge in [0, 0.05) is 19.3 Å². The van der Waals surface area contributed by atoms with Gasteiger partial charge in [-0.15, -0.1) is 0 Å². The van der Waals surface area contributed by atoms with Crippen molar-refractivity contribution < 1.29 is 14.3 Å². The van der Waals surface area contributed by atoms with E-state index in [0.717, 1.165) is 31.4 Å². The molecule has 182 valence electrons. The number of hydrogen-bond acceptors (Lipinski definition) is 3. The highest BCUT2D eigenvalue weighted by Gasteiger charge is 2.22. The molecule has 0 amide bonds. The third kappa shape index (κ3) is 12.4. The molecule has 0 N–H and O–H groups in total. The molecule has 0 fully saturated rings. The molecule has 0 bridgehead atoms. The van der Waals surface area contributed by atoms with Crippen molar-refractivity contribution in [2.75, 3.05) is 6.61 Å². The fourth-order valence-electron chi connectivity index (χ4n) is 3.92. The fraction of sp³-hybridized carbons (Fsp3) is 0.724. The van der Waals surface area contributed by atoms with Gasteiger partial charge in [0.25, 0.3) is 0 Å². The van der Waals surface area contributed by atoms with E-state index in [4.69, 9.17) is 4.74 Å². The first kappa shape index (κ1) is 28.4. The number of ketones is 2. The monoisotopic (exact) mass is 444 g/mol. The molecule has 1 rings (SSSR count). The van der Waals surface area contributed by atoms with E-state index in [2.05, 4.69) is 46.8 Å². The summed E-state index contributed by atoms with van der Waals surface area (Å²) in [7, 11) is 0. The Morgan fingerprint density at radius 2 is 1.31 bits per heavy atom. The Morgan fingerprint density at radius 3 is 1.84 bits per heavy atom. The van der Waals surface area contributed by atoms with E-state index >= 15 is 0 Å². The predicted molar refractivity (Wildman–Crippen MR) is 136 cm³/mol. The quantitative estimate of drug-likeness (QED) is 0.214. The van der Waals surface area contributed by atoms with Gasteiger partial charge in [0.1, 0.15) is 17.3 Å². The van der Waals surface area contributed by atoms with Gasteiger partial charge in [-0.2, -0.15) is 0 Å². The Morgan fingerprint density at radius 1 is 0.781 bits per heavy atom. The van der Waals surface area contributed by atoms with Crippen molar-refractivity contribution in [1.29, 1.82) is 0 Å². The first-order valence-electron chi connectivity index (χ1n) is 13.1. The summed E-state index contributed by atoms with van der Waals surface area (Å²) in [5, 5.41) is 0. The Balaban J connectivity index is 2.61. The van der Waals surface area contributed by atoms with Gasteiger partial charge in [-0.3, -0.25) is 9.59 Å². The van der Waals surface area contributed by atoms with Crippen LogP contribution in [0.2, 0.25) is 0 Å². The summed E-state index contributed by atoms with van der Waals surface area (Å²) >= 11 is 0. The molecule has 1 atom stereocenters. The van der Waals surface area contributed by atoms with Crippen LogP contribution in [-0.2, 0) is 15.0 Å². The molecule has 0 radical (unpaired) electrons. The highest BCUT2D eigenvalue weighted by atomic mass is 16.5. The van der Waals surface area contributed by atoms with Gasteiger partial charge in [0.2, 0.25) is 0 Å². The zero-order chi connectivity index (χ0) is 23.8. The molecule has 1 aromatic rings. The number of carbonyl (C=O) groups is 2. The van der Waals surface area contributed by atoms with E-state index < -0.39 is 0 Å². The fourth-order valence-corrected chi connectivity index (χ4v) is 3.92. The Hall–Kier alpha value is -1.64. The third-order valence-corrected chi connectivity index (χ3v) is 6.19. The zero-order valence-electron chi connectivity index (χ0n) is 21.5. The highest BCUT2D eigenvalue weighted by Crippen LogP contribution is 2.25. The normalized spacial score (nSPS) is 12.5. The molecule has 1 unspecified atom stereocenters. The van der Waals surface area contributed by atoms with Gasteiger partial charge in [0.05, 0.1) is 12.5 Å². The number of hydrogen-bond donors (Lipinski definition) is 0. The van der Waals surface area contributed by atoms with E-state index in [0.29, 0.717) is 25.9 Å². The molecule has 0 saturated carbocycles. The lowest BCUT2D eigenvalue weighted by Gasteiger charge is -2.20. The lowest BCUT2D eigenvalue weighted by atomic mass is 9.87. The summed E-state index contributed by atoms with van der Waals surface area (Å²) in [6.07, 6.45) is 12.8. The lowest BCUT2D eigenvalue weighted by Crippen LogP contribution is -2.25. The largest absolute Gasteiger partial charge is 0.493 e. The van der Waals surface area contributed by atoms with Crippen LogP contribution in [0.5, 0.6) is 5.75 Å². The molecular formula is C29H48O3. The molecular weight excluding hydrogens is 396 g/mol. The molecule has 3 heteroatoms. The third-order valence-electron chi connectivity index (χ3n) is 6.19. The number of benzene rings is 1. The van der Waals surface area contributed by atoms with E-state index in [1.54, 1.807) is 0 Å². The maximum atomic E-state index is 12.9. The average Bonchev–Trinajstić information content (AvgIpc) is 2.75. The maximum Gasteiger partial charge on any atom is 0.139 e. The second-order valence-corrected chi connectivity index (χ2v) is 10.3. The second-order valence-electron chi connectivity index (χ2n) is 10.3. The molecule has 0 aliphatic carbocycles. The number of unbranched alkanes of at least 4 members (excludes halogenated alkanes) is 8. The van der Waals surface area contributed by atoms with Crippen LogP contribution in [0.1, 0.15) is 124 Å².